The molecule has 0 fully saturated rings. The number of amides is 2. The van der Waals surface area contributed by atoms with Crippen LogP contribution in [-0.4, -0.2) is 49.6 Å². The molecule has 1 aromatic carbocycles. The third kappa shape index (κ3) is 6.27. The van der Waals surface area contributed by atoms with Crippen molar-refractivity contribution in [1.29, 1.82) is 10.0 Å². The number of benzene rings is 1. The van der Waals surface area contributed by atoms with Gasteiger partial charge in [-0.15, -0.1) is 0 Å². The average molecular weight is 594 g/mol. The fourth-order valence-corrected chi connectivity index (χ4v) is 4.89. The quantitative estimate of drug-likeness (QED) is 0.312. The van der Waals surface area contributed by atoms with Crippen LogP contribution in [-0.2, 0) is 9.92 Å². The molecule has 0 saturated heterocycles. The standard InChI is InChI=1S/C22H22BrClN8O3S/c1-12-7-14(10-25)8-15(21(33)29-13(2)11-36(26,35)27-3)19(12)30-22(34)17-9-18(23)31-32(17)20-16(24)5-4-6-28-20/h4-9,13H,11H2,1-3H3,(H,29,33)(H,30,34)(H2,26,27,35). The minimum atomic E-state index is -3.08. The Morgan fingerprint density at radius 2 is 2.06 bits per heavy atom. The van der Waals surface area contributed by atoms with Crippen molar-refractivity contribution >= 4 is 54.9 Å². The number of hydrogen-bond acceptors (Lipinski definition) is 7. The van der Waals surface area contributed by atoms with E-state index in [-0.39, 0.29) is 39.1 Å². The molecule has 0 aliphatic rings. The van der Waals surface area contributed by atoms with Gasteiger partial charge in [-0.2, -0.15) is 10.4 Å². The van der Waals surface area contributed by atoms with Gasteiger partial charge in [-0.25, -0.2) is 23.4 Å². The van der Waals surface area contributed by atoms with E-state index < -0.39 is 27.8 Å². The van der Waals surface area contributed by atoms with Crippen molar-refractivity contribution in [3.05, 3.63) is 68.5 Å². The molecule has 0 saturated carbocycles. The maximum atomic E-state index is 13.3. The Labute approximate surface area is 221 Å². The largest absolute Gasteiger partial charge is 0.349 e. The van der Waals surface area contributed by atoms with Crippen LogP contribution in [0, 0.1) is 23.0 Å². The number of rotatable bonds is 8. The van der Waals surface area contributed by atoms with Crippen LogP contribution in [0.15, 0.2) is 41.1 Å². The molecule has 4 N–H and O–H groups in total. The van der Waals surface area contributed by atoms with E-state index in [0.29, 0.717) is 10.2 Å². The van der Waals surface area contributed by atoms with Crippen molar-refractivity contribution in [1.82, 2.24) is 24.8 Å². The molecule has 0 spiro atoms. The lowest BCUT2D eigenvalue weighted by Gasteiger charge is -2.18. The minimum absolute atomic E-state index is 0.0358. The summed E-state index contributed by atoms with van der Waals surface area (Å²) in [5.41, 5.74) is 0.999. The van der Waals surface area contributed by atoms with E-state index in [1.165, 1.54) is 36.1 Å². The van der Waals surface area contributed by atoms with E-state index in [4.69, 9.17) is 16.4 Å². The molecule has 2 unspecified atom stereocenters. The highest BCUT2D eigenvalue weighted by Crippen LogP contribution is 2.26. The first-order valence-electron chi connectivity index (χ1n) is 10.4. The number of hydrogen-bond donors (Lipinski definition) is 4. The van der Waals surface area contributed by atoms with Gasteiger partial charge in [0.25, 0.3) is 11.8 Å². The lowest BCUT2D eigenvalue weighted by Crippen LogP contribution is -2.40. The number of nitrogens with zero attached hydrogens (tertiary/aromatic N) is 4. The zero-order valence-corrected chi connectivity index (χ0v) is 22.6. The highest BCUT2D eigenvalue weighted by atomic mass is 79.9. The first-order valence-corrected chi connectivity index (χ1v) is 13.3. The van der Waals surface area contributed by atoms with E-state index in [9.17, 15) is 19.1 Å². The van der Waals surface area contributed by atoms with Crippen molar-refractivity contribution < 1.29 is 13.8 Å². The molecule has 3 rings (SSSR count). The number of nitrogens with one attached hydrogen (secondary N) is 4. The zero-order valence-electron chi connectivity index (χ0n) is 19.4. The molecule has 0 radical (unpaired) electrons. The number of pyridine rings is 1. The Morgan fingerprint density at radius 1 is 1.33 bits per heavy atom. The summed E-state index contributed by atoms with van der Waals surface area (Å²) in [5.74, 6) is -1.10. The molecule has 2 atom stereocenters. The SMILES string of the molecule is CNS(=N)(=O)CC(C)NC(=O)c1cc(C#N)cc(C)c1NC(=O)c1cc(Br)nn1-c1ncccc1Cl. The topological polar surface area (TPSA) is 166 Å². The molecule has 3 aromatic rings. The lowest BCUT2D eigenvalue weighted by atomic mass is 10.0. The predicted octanol–water partition coefficient (Wildman–Crippen LogP) is 3.42. The smallest absolute Gasteiger partial charge is 0.274 e. The average Bonchev–Trinajstić information content (AvgIpc) is 3.21. The zero-order chi connectivity index (χ0) is 26.6. The summed E-state index contributed by atoms with van der Waals surface area (Å²) >= 11 is 9.50. The summed E-state index contributed by atoms with van der Waals surface area (Å²) < 4.78 is 23.8. The molecule has 2 heterocycles. The van der Waals surface area contributed by atoms with Crippen LogP contribution in [0.2, 0.25) is 5.02 Å². The maximum Gasteiger partial charge on any atom is 0.274 e. The Morgan fingerprint density at radius 3 is 2.69 bits per heavy atom. The highest BCUT2D eigenvalue weighted by molar-refractivity contribution is 9.10. The minimum Gasteiger partial charge on any atom is -0.349 e. The van der Waals surface area contributed by atoms with E-state index in [0.717, 1.165) is 0 Å². The van der Waals surface area contributed by atoms with E-state index in [1.807, 2.05) is 6.07 Å². The second-order valence-corrected chi connectivity index (χ2v) is 11.1. The summed E-state index contributed by atoms with van der Waals surface area (Å²) in [6, 6.07) is 8.98. The molecule has 2 amide bonds. The van der Waals surface area contributed by atoms with Crippen molar-refractivity contribution in [2.45, 2.75) is 19.9 Å². The van der Waals surface area contributed by atoms with Crippen molar-refractivity contribution in [3.8, 4) is 11.9 Å². The number of carbonyl (C=O) groups is 2. The van der Waals surface area contributed by atoms with E-state index in [2.05, 4.69) is 41.4 Å². The Balaban J connectivity index is 1.98. The monoisotopic (exact) mass is 592 g/mol. The molecule has 0 bridgehead atoms. The number of nitriles is 1. The van der Waals surface area contributed by atoms with Crippen molar-refractivity contribution in [2.75, 3.05) is 18.1 Å². The summed E-state index contributed by atoms with van der Waals surface area (Å²) in [7, 11) is -1.68. The second kappa shape index (κ2) is 11.2. The molecule has 0 aliphatic heterocycles. The molecule has 2 aromatic heterocycles. The van der Waals surface area contributed by atoms with Gasteiger partial charge in [-0.1, -0.05) is 11.6 Å². The van der Waals surface area contributed by atoms with Gasteiger partial charge in [-0.3, -0.25) is 9.59 Å². The first-order chi connectivity index (χ1) is 17.0. The van der Waals surface area contributed by atoms with Gasteiger partial charge in [-0.05, 0) is 66.7 Å². The third-order valence-electron chi connectivity index (χ3n) is 4.99. The van der Waals surface area contributed by atoms with Crippen LogP contribution in [0.3, 0.4) is 0 Å². The Hall–Kier alpha value is -3.31. The Kier molecular flexibility index (Phi) is 8.47. The van der Waals surface area contributed by atoms with Crippen LogP contribution in [0.4, 0.5) is 5.69 Å². The summed E-state index contributed by atoms with van der Waals surface area (Å²) in [6.45, 7) is 3.26. The van der Waals surface area contributed by atoms with Gasteiger partial charge in [0, 0.05) is 18.3 Å². The summed E-state index contributed by atoms with van der Waals surface area (Å²) in [5, 5.41) is 19.3. The molecule has 0 aliphatic carbocycles. The number of aryl methyl sites for hydroxylation is 1. The van der Waals surface area contributed by atoms with Gasteiger partial charge in [0.15, 0.2) is 5.82 Å². The van der Waals surface area contributed by atoms with Crippen molar-refractivity contribution in [3.63, 3.8) is 0 Å². The third-order valence-corrected chi connectivity index (χ3v) is 7.30. The fraction of sp³-hybridized carbons (Fsp3) is 0.227. The molecule has 188 valence electrons. The second-order valence-electron chi connectivity index (χ2n) is 7.78. The van der Waals surface area contributed by atoms with Crippen molar-refractivity contribution in [2.24, 2.45) is 0 Å². The van der Waals surface area contributed by atoms with Gasteiger partial charge in [0.1, 0.15) is 20.2 Å². The predicted molar refractivity (Wildman–Crippen MR) is 140 cm³/mol. The molecular weight excluding hydrogens is 572 g/mol. The highest BCUT2D eigenvalue weighted by Gasteiger charge is 2.23. The first kappa shape index (κ1) is 27.3. The lowest BCUT2D eigenvalue weighted by molar-refractivity contribution is 0.0944. The van der Waals surface area contributed by atoms with Gasteiger partial charge >= 0.3 is 0 Å². The van der Waals surface area contributed by atoms with Gasteiger partial charge < -0.3 is 10.6 Å². The van der Waals surface area contributed by atoms with Crippen LogP contribution < -0.4 is 15.4 Å². The van der Waals surface area contributed by atoms with E-state index in [1.54, 1.807) is 26.0 Å². The maximum absolute atomic E-state index is 13.3. The number of aromatic nitrogens is 3. The van der Waals surface area contributed by atoms with Gasteiger partial charge in [0.2, 0.25) is 0 Å². The van der Waals surface area contributed by atoms with E-state index >= 15 is 0 Å². The fourth-order valence-electron chi connectivity index (χ4n) is 3.36. The number of carbonyl (C=O) groups excluding carboxylic acids is 2. The molecule has 11 nitrogen and oxygen atoms in total. The van der Waals surface area contributed by atoms with Crippen LogP contribution >= 0.6 is 27.5 Å². The normalized spacial score (nSPS) is 13.3. The van der Waals surface area contributed by atoms with Gasteiger partial charge in [0.05, 0.1) is 33.7 Å². The summed E-state index contributed by atoms with van der Waals surface area (Å²) in [4.78, 5) is 30.6. The molecule has 36 heavy (non-hydrogen) atoms. The number of halogens is 2. The summed E-state index contributed by atoms with van der Waals surface area (Å²) in [6.07, 6.45) is 1.51. The Bertz CT molecular complexity index is 1480. The number of anilines is 1. The molecular formula is C22H22BrClN8O3S. The van der Waals surface area contributed by atoms with Crippen LogP contribution in [0.1, 0.15) is 38.9 Å². The van der Waals surface area contributed by atoms with Crippen LogP contribution in [0.5, 0.6) is 0 Å². The van der Waals surface area contributed by atoms with Crippen LogP contribution in [0.25, 0.3) is 5.82 Å². The molecule has 14 heteroatoms.